The molecule has 10 nitrogen and oxygen atoms in total. The van der Waals surface area contributed by atoms with E-state index in [1.54, 1.807) is 35.4 Å². The Hall–Kier alpha value is -4.47. The molecule has 1 atom stereocenters. The number of nitrogen functional groups attached to an aromatic ring is 1. The number of pyridine rings is 1. The Bertz CT molecular complexity index is 1310. The molecule has 1 aliphatic rings. The molecule has 2 aromatic heterocycles. The molecule has 186 valence electrons. The molecular formula is C26H29N7O3. The summed E-state index contributed by atoms with van der Waals surface area (Å²) in [7, 11) is 0. The maximum Gasteiger partial charge on any atom is 0.269 e. The van der Waals surface area contributed by atoms with E-state index in [-0.39, 0.29) is 17.5 Å². The van der Waals surface area contributed by atoms with Crippen molar-refractivity contribution in [2.24, 2.45) is 5.73 Å². The number of amides is 3. The molecule has 1 aliphatic heterocycles. The molecule has 0 saturated carbocycles. The fraction of sp³-hybridized carbons (Fsp3) is 0.269. The molecule has 0 radical (unpaired) electrons. The van der Waals surface area contributed by atoms with E-state index in [1.807, 2.05) is 19.1 Å². The lowest BCUT2D eigenvalue weighted by molar-refractivity contribution is -0.129. The van der Waals surface area contributed by atoms with Gasteiger partial charge in [0.15, 0.2) is 11.5 Å². The van der Waals surface area contributed by atoms with E-state index in [9.17, 15) is 14.4 Å². The van der Waals surface area contributed by atoms with Crippen LogP contribution in [0.15, 0.2) is 55.3 Å². The van der Waals surface area contributed by atoms with Crippen molar-refractivity contribution in [2.45, 2.75) is 38.6 Å². The van der Waals surface area contributed by atoms with E-state index in [1.165, 1.54) is 10.8 Å². The maximum atomic E-state index is 12.7. The molecule has 1 saturated heterocycles. The van der Waals surface area contributed by atoms with Gasteiger partial charge in [0, 0.05) is 23.9 Å². The third kappa shape index (κ3) is 4.83. The van der Waals surface area contributed by atoms with Gasteiger partial charge in [0.1, 0.15) is 11.5 Å². The van der Waals surface area contributed by atoms with Crippen LogP contribution in [0, 0.1) is 0 Å². The van der Waals surface area contributed by atoms with Crippen LogP contribution in [-0.4, -0.2) is 43.8 Å². The number of anilines is 1. The minimum atomic E-state index is -0.743. The Kier molecular flexibility index (Phi) is 7.14. The number of nitrogens with zero attached hydrogens (tertiary/aromatic N) is 4. The number of aryl methyl sites for hydroxylation is 1. The van der Waals surface area contributed by atoms with E-state index in [0.717, 1.165) is 24.8 Å². The molecule has 10 heteroatoms. The topological polar surface area (TPSA) is 149 Å². The van der Waals surface area contributed by atoms with Gasteiger partial charge in [-0.3, -0.25) is 14.4 Å². The smallest absolute Gasteiger partial charge is 0.269 e. The summed E-state index contributed by atoms with van der Waals surface area (Å²) in [6.07, 6.45) is 6.14. The van der Waals surface area contributed by atoms with E-state index in [2.05, 4.69) is 21.9 Å². The van der Waals surface area contributed by atoms with Gasteiger partial charge in [0.2, 0.25) is 5.91 Å². The first-order valence-corrected chi connectivity index (χ1v) is 11.8. The number of nitrogens with one attached hydrogen (secondary N) is 1. The molecule has 36 heavy (non-hydrogen) atoms. The Morgan fingerprint density at radius 3 is 2.61 bits per heavy atom. The maximum absolute atomic E-state index is 12.7. The number of carbonyl (C=O) groups excluding carboxylic acids is 3. The summed E-state index contributed by atoms with van der Waals surface area (Å²) in [5, 5.41) is 2.79. The van der Waals surface area contributed by atoms with E-state index >= 15 is 0 Å². The molecule has 3 aromatic rings. The molecule has 1 aromatic carbocycles. The highest BCUT2D eigenvalue weighted by molar-refractivity contribution is 6.04. The van der Waals surface area contributed by atoms with Crippen molar-refractivity contribution < 1.29 is 14.4 Å². The Morgan fingerprint density at radius 2 is 1.94 bits per heavy atom. The third-order valence-corrected chi connectivity index (χ3v) is 6.33. The molecule has 3 amide bonds. The van der Waals surface area contributed by atoms with Gasteiger partial charge in [0.25, 0.3) is 11.8 Å². The van der Waals surface area contributed by atoms with E-state index in [4.69, 9.17) is 11.6 Å². The van der Waals surface area contributed by atoms with Crippen LogP contribution < -0.4 is 16.9 Å². The van der Waals surface area contributed by atoms with Crippen molar-refractivity contribution in [3.8, 4) is 11.3 Å². The Labute approximate surface area is 209 Å². The minimum absolute atomic E-state index is 0.0272. The van der Waals surface area contributed by atoms with E-state index < -0.39 is 11.9 Å². The quantitative estimate of drug-likeness (QED) is 0.345. The summed E-state index contributed by atoms with van der Waals surface area (Å²) in [5.74, 6) is 5.84. The monoisotopic (exact) mass is 487 g/mol. The number of rotatable bonds is 7. The molecule has 1 unspecified atom stereocenters. The summed E-state index contributed by atoms with van der Waals surface area (Å²) in [4.78, 5) is 48.0. The second-order valence-electron chi connectivity index (χ2n) is 8.58. The highest BCUT2D eigenvalue weighted by atomic mass is 16.2. The van der Waals surface area contributed by atoms with Crippen LogP contribution in [0.2, 0.25) is 0 Å². The first-order chi connectivity index (χ1) is 17.3. The third-order valence-electron chi connectivity index (χ3n) is 6.33. The number of aromatic nitrogens is 3. The summed E-state index contributed by atoms with van der Waals surface area (Å²) in [5.41, 5.74) is 8.01. The Morgan fingerprint density at radius 1 is 1.19 bits per heavy atom. The van der Waals surface area contributed by atoms with Crippen molar-refractivity contribution in [2.75, 3.05) is 17.7 Å². The molecular weight excluding hydrogens is 458 g/mol. The second-order valence-corrected chi connectivity index (χ2v) is 8.58. The van der Waals surface area contributed by atoms with Crippen LogP contribution in [0.3, 0.4) is 0 Å². The van der Waals surface area contributed by atoms with Gasteiger partial charge in [0.05, 0.1) is 6.04 Å². The van der Waals surface area contributed by atoms with E-state index in [0.29, 0.717) is 41.4 Å². The first kappa shape index (κ1) is 24.6. The highest BCUT2D eigenvalue weighted by Gasteiger charge is 2.33. The number of hydrogen-bond donors (Lipinski definition) is 3. The largest absolute Gasteiger partial charge is 0.364 e. The number of imidazole rings is 1. The van der Waals surface area contributed by atoms with Gasteiger partial charge in [-0.15, -0.1) is 0 Å². The van der Waals surface area contributed by atoms with Crippen LogP contribution in [0.1, 0.15) is 64.5 Å². The van der Waals surface area contributed by atoms with Crippen molar-refractivity contribution in [3.63, 3.8) is 0 Å². The molecule has 3 heterocycles. The van der Waals surface area contributed by atoms with Gasteiger partial charge in [-0.05, 0) is 61.6 Å². The Balaban J connectivity index is 1.64. The van der Waals surface area contributed by atoms with Crippen molar-refractivity contribution >= 4 is 23.5 Å². The summed E-state index contributed by atoms with van der Waals surface area (Å²) >= 11 is 0. The van der Waals surface area contributed by atoms with Crippen LogP contribution in [0.25, 0.3) is 11.3 Å². The number of piperidine rings is 1. The predicted octanol–water partition coefficient (Wildman–Crippen LogP) is 2.81. The second kappa shape index (κ2) is 10.4. The zero-order valence-corrected chi connectivity index (χ0v) is 20.1. The molecule has 1 fully saturated rings. The predicted molar refractivity (Wildman–Crippen MR) is 136 cm³/mol. The molecule has 0 spiro atoms. The lowest BCUT2D eigenvalue weighted by Crippen LogP contribution is -2.39. The lowest BCUT2D eigenvalue weighted by atomic mass is 10.0. The zero-order chi connectivity index (χ0) is 25.8. The summed E-state index contributed by atoms with van der Waals surface area (Å²) < 4.78 is 1.17. The highest BCUT2D eigenvalue weighted by Crippen LogP contribution is 2.33. The fourth-order valence-electron chi connectivity index (χ4n) is 4.43. The number of nitrogens with two attached hydrogens (primary N) is 2. The van der Waals surface area contributed by atoms with Gasteiger partial charge in [-0.2, -0.15) is 0 Å². The molecule has 5 N–H and O–H groups in total. The van der Waals surface area contributed by atoms with Crippen molar-refractivity contribution in [1.82, 2.24) is 19.5 Å². The zero-order valence-electron chi connectivity index (χ0n) is 20.1. The number of carbonyl (C=O) groups is 3. The molecule has 0 aliphatic carbocycles. The normalized spacial score (nSPS) is 15.4. The molecule has 4 rings (SSSR count). The lowest BCUT2D eigenvalue weighted by Gasteiger charge is -2.34. The molecule has 0 bridgehead atoms. The SMILES string of the molecule is C=CC(=O)N1CCCCC1c1nc(-c2ccc(C(=O)Nc3cc(CC)ccn3)cc2)c(C(N)=O)n1N. The summed E-state index contributed by atoms with van der Waals surface area (Å²) in [6, 6.07) is 9.92. The van der Waals surface area contributed by atoms with Gasteiger partial charge in [-0.1, -0.05) is 25.6 Å². The number of primary amides is 1. The van der Waals surface area contributed by atoms with Gasteiger partial charge in [-0.25, -0.2) is 14.6 Å². The number of likely N-dealkylation sites (tertiary alicyclic amines) is 1. The summed E-state index contributed by atoms with van der Waals surface area (Å²) in [6.45, 7) is 6.15. The van der Waals surface area contributed by atoms with Gasteiger partial charge >= 0.3 is 0 Å². The van der Waals surface area contributed by atoms with Crippen LogP contribution in [-0.2, 0) is 11.2 Å². The van der Waals surface area contributed by atoms with Gasteiger partial charge < -0.3 is 21.8 Å². The van der Waals surface area contributed by atoms with Crippen molar-refractivity contribution in [3.05, 3.63) is 77.9 Å². The average Bonchev–Trinajstić information content (AvgIpc) is 3.25. The van der Waals surface area contributed by atoms with Crippen LogP contribution >= 0.6 is 0 Å². The van der Waals surface area contributed by atoms with Crippen LogP contribution in [0.5, 0.6) is 0 Å². The fourth-order valence-corrected chi connectivity index (χ4v) is 4.43. The average molecular weight is 488 g/mol. The minimum Gasteiger partial charge on any atom is -0.364 e. The number of benzene rings is 1. The number of hydrogen-bond acceptors (Lipinski definition) is 6. The van der Waals surface area contributed by atoms with Crippen molar-refractivity contribution in [1.29, 1.82) is 0 Å². The first-order valence-electron chi connectivity index (χ1n) is 11.8. The van der Waals surface area contributed by atoms with Crippen LogP contribution in [0.4, 0.5) is 5.82 Å². The standard InChI is InChI=1S/C26H29N7O3/c1-3-16-12-13-29-20(15-16)30-26(36)18-10-8-17(9-11-18)22-23(24(27)35)33(28)25(31-22)19-7-5-6-14-32(19)21(34)4-2/h4,8-13,15,19H,2-3,5-7,14,28H2,1H3,(H2,27,35)(H,29,30,36).